The molecule has 0 heterocycles. The van der Waals surface area contributed by atoms with Crippen LogP contribution in [0.5, 0.6) is 0 Å². The SMILES string of the molecule is O=C(O)C1(Nc2cc(Cl)ccc2[N+](=O)[O-])CCCCCC1. The molecular weight excluding hydrogens is 296 g/mol. The van der Waals surface area contributed by atoms with Crippen molar-refractivity contribution in [2.45, 2.75) is 44.1 Å². The van der Waals surface area contributed by atoms with Crippen LogP contribution in [-0.4, -0.2) is 21.5 Å². The van der Waals surface area contributed by atoms with E-state index in [4.69, 9.17) is 11.6 Å². The third-order valence-electron chi connectivity index (χ3n) is 3.90. The number of carboxylic acid groups (broad SMARTS) is 1. The van der Waals surface area contributed by atoms with Crippen molar-refractivity contribution in [3.63, 3.8) is 0 Å². The number of hydrogen-bond donors (Lipinski definition) is 2. The summed E-state index contributed by atoms with van der Waals surface area (Å²) in [6.07, 6.45) is 4.43. The van der Waals surface area contributed by atoms with Crippen LogP contribution in [0, 0.1) is 10.1 Å². The Balaban J connectivity index is 2.39. The number of rotatable bonds is 4. The zero-order chi connectivity index (χ0) is 15.5. The number of hydrogen-bond acceptors (Lipinski definition) is 4. The second-order valence-corrected chi connectivity index (χ2v) is 5.78. The maximum atomic E-state index is 11.7. The first kappa shape index (κ1) is 15.6. The van der Waals surface area contributed by atoms with Crippen molar-refractivity contribution in [2.75, 3.05) is 5.32 Å². The zero-order valence-corrected chi connectivity index (χ0v) is 12.2. The predicted octanol–water partition coefficient (Wildman–Crippen LogP) is 3.84. The number of nitrogens with one attached hydrogen (secondary N) is 1. The number of aliphatic carboxylic acids is 1. The molecule has 1 aliphatic rings. The second-order valence-electron chi connectivity index (χ2n) is 5.35. The average Bonchev–Trinajstić information content (AvgIpc) is 2.65. The van der Waals surface area contributed by atoms with Crippen LogP contribution in [0.1, 0.15) is 38.5 Å². The zero-order valence-electron chi connectivity index (χ0n) is 11.5. The largest absolute Gasteiger partial charge is 0.480 e. The smallest absolute Gasteiger partial charge is 0.329 e. The van der Waals surface area contributed by atoms with Gasteiger partial charge in [-0.15, -0.1) is 0 Å². The van der Waals surface area contributed by atoms with Crippen molar-refractivity contribution in [1.29, 1.82) is 0 Å². The molecule has 6 nitrogen and oxygen atoms in total. The summed E-state index contributed by atoms with van der Waals surface area (Å²) in [5.41, 5.74) is -1.16. The van der Waals surface area contributed by atoms with Crippen LogP contribution < -0.4 is 5.32 Å². The fraction of sp³-hybridized carbons (Fsp3) is 0.500. The van der Waals surface area contributed by atoms with Crippen LogP contribution in [0.15, 0.2) is 18.2 Å². The van der Waals surface area contributed by atoms with E-state index in [9.17, 15) is 20.0 Å². The molecule has 1 aromatic carbocycles. The number of anilines is 1. The number of nitro groups is 1. The van der Waals surface area contributed by atoms with Gasteiger partial charge >= 0.3 is 5.97 Å². The third-order valence-corrected chi connectivity index (χ3v) is 4.13. The normalized spacial score (nSPS) is 17.8. The van der Waals surface area contributed by atoms with E-state index in [1.165, 1.54) is 18.2 Å². The van der Waals surface area contributed by atoms with Gasteiger partial charge < -0.3 is 10.4 Å². The van der Waals surface area contributed by atoms with Gasteiger partial charge in [0.25, 0.3) is 5.69 Å². The molecule has 0 bridgehead atoms. The summed E-state index contributed by atoms with van der Waals surface area (Å²) in [4.78, 5) is 22.3. The molecule has 1 aromatic rings. The Labute approximate surface area is 127 Å². The van der Waals surface area contributed by atoms with Gasteiger partial charge in [-0.3, -0.25) is 10.1 Å². The molecule has 114 valence electrons. The van der Waals surface area contributed by atoms with Gasteiger partial charge in [0, 0.05) is 11.1 Å². The van der Waals surface area contributed by atoms with E-state index in [1.807, 2.05) is 0 Å². The molecule has 21 heavy (non-hydrogen) atoms. The summed E-state index contributed by atoms with van der Waals surface area (Å²) in [5, 5.41) is 23.9. The molecule has 2 N–H and O–H groups in total. The summed E-state index contributed by atoms with van der Waals surface area (Å²) >= 11 is 5.89. The van der Waals surface area contributed by atoms with Crippen LogP contribution >= 0.6 is 11.6 Å². The Hall–Kier alpha value is -1.82. The van der Waals surface area contributed by atoms with Gasteiger partial charge in [0.15, 0.2) is 0 Å². The van der Waals surface area contributed by atoms with E-state index >= 15 is 0 Å². The lowest BCUT2D eigenvalue weighted by molar-refractivity contribution is -0.384. The molecule has 1 saturated carbocycles. The number of nitro benzene ring substituents is 1. The van der Waals surface area contributed by atoms with Gasteiger partial charge in [-0.05, 0) is 25.0 Å². The maximum absolute atomic E-state index is 11.7. The first-order valence-electron chi connectivity index (χ1n) is 6.90. The van der Waals surface area contributed by atoms with Gasteiger partial charge in [0.2, 0.25) is 0 Å². The molecule has 0 amide bonds. The number of benzene rings is 1. The molecule has 0 unspecified atom stereocenters. The van der Waals surface area contributed by atoms with Gasteiger partial charge in [0.1, 0.15) is 11.2 Å². The lowest BCUT2D eigenvalue weighted by Crippen LogP contribution is -2.46. The van der Waals surface area contributed by atoms with E-state index in [0.717, 1.165) is 25.7 Å². The summed E-state index contributed by atoms with van der Waals surface area (Å²) in [5.74, 6) is -0.973. The molecule has 2 rings (SSSR count). The Bertz CT molecular complexity index is 554. The maximum Gasteiger partial charge on any atom is 0.329 e. The Kier molecular flexibility index (Phi) is 4.67. The summed E-state index contributed by atoms with van der Waals surface area (Å²) in [6, 6.07) is 4.12. The minimum atomic E-state index is -1.16. The molecule has 1 fully saturated rings. The molecular formula is C14H17ClN2O4. The average molecular weight is 313 g/mol. The summed E-state index contributed by atoms with van der Waals surface area (Å²) in [7, 11) is 0. The van der Waals surface area contributed by atoms with Crippen LogP contribution in [0.3, 0.4) is 0 Å². The predicted molar refractivity (Wildman–Crippen MR) is 79.8 cm³/mol. The third kappa shape index (κ3) is 3.44. The van der Waals surface area contributed by atoms with E-state index in [1.54, 1.807) is 0 Å². The Morgan fingerprint density at radius 3 is 2.43 bits per heavy atom. The number of halogens is 1. The van der Waals surface area contributed by atoms with Gasteiger partial charge in [-0.2, -0.15) is 0 Å². The lowest BCUT2D eigenvalue weighted by atomic mass is 9.89. The molecule has 0 spiro atoms. The van der Waals surface area contributed by atoms with Crippen molar-refractivity contribution >= 4 is 28.9 Å². The Morgan fingerprint density at radius 2 is 1.90 bits per heavy atom. The second kappa shape index (κ2) is 6.30. The Morgan fingerprint density at radius 1 is 1.29 bits per heavy atom. The minimum Gasteiger partial charge on any atom is -0.480 e. The van der Waals surface area contributed by atoms with Crippen LogP contribution in [0.2, 0.25) is 5.02 Å². The van der Waals surface area contributed by atoms with E-state index in [0.29, 0.717) is 17.9 Å². The first-order chi connectivity index (χ1) is 9.94. The molecule has 0 saturated heterocycles. The number of carbonyl (C=O) groups is 1. The highest BCUT2D eigenvalue weighted by Gasteiger charge is 2.39. The molecule has 1 aliphatic carbocycles. The van der Waals surface area contributed by atoms with E-state index in [2.05, 4.69) is 5.32 Å². The highest BCUT2D eigenvalue weighted by atomic mass is 35.5. The molecule has 0 radical (unpaired) electrons. The first-order valence-corrected chi connectivity index (χ1v) is 7.28. The van der Waals surface area contributed by atoms with Gasteiger partial charge in [-0.1, -0.05) is 37.3 Å². The van der Waals surface area contributed by atoms with Crippen molar-refractivity contribution < 1.29 is 14.8 Å². The van der Waals surface area contributed by atoms with Crippen molar-refractivity contribution in [2.24, 2.45) is 0 Å². The van der Waals surface area contributed by atoms with Crippen molar-refractivity contribution in [3.05, 3.63) is 33.3 Å². The standard InChI is InChI=1S/C14H17ClN2O4/c15-10-5-6-12(17(20)21)11(9-10)16-14(13(18)19)7-3-1-2-4-8-14/h5-6,9,16H,1-4,7-8H2,(H,18,19). The van der Waals surface area contributed by atoms with Crippen LogP contribution in [0.4, 0.5) is 11.4 Å². The molecule has 0 atom stereocenters. The summed E-state index contributed by atoms with van der Waals surface area (Å²) < 4.78 is 0. The van der Waals surface area contributed by atoms with Crippen molar-refractivity contribution in [1.82, 2.24) is 0 Å². The topological polar surface area (TPSA) is 92.5 Å². The van der Waals surface area contributed by atoms with Gasteiger partial charge in [0.05, 0.1) is 4.92 Å². The van der Waals surface area contributed by atoms with E-state index in [-0.39, 0.29) is 11.4 Å². The highest BCUT2D eigenvalue weighted by Crippen LogP contribution is 2.35. The fourth-order valence-corrected chi connectivity index (χ4v) is 2.92. The molecule has 0 aliphatic heterocycles. The quantitative estimate of drug-likeness (QED) is 0.500. The summed E-state index contributed by atoms with van der Waals surface area (Å²) in [6.45, 7) is 0. The molecule has 7 heteroatoms. The van der Waals surface area contributed by atoms with E-state index < -0.39 is 16.4 Å². The fourth-order valence-electron chi connectivity index (χ4n) is 2.75. The number of carboxylic acids is 1. The monoisotopic (exact) mass is 312 g/mol. The minimum absolute atomic E-state index is 0.163. The van der Waals surface area contributed by atoms with Crippen LogP contribution in [-0.2, 0) is 4.79 Å². The van der Waals surface area contributed by atoms with Crippen molar-refractivity contribution in [3.8, 4) is 0 Å². The number of nitrogens with zero attached hydrogens (tertiary/aromatic N) is 1. The van der Waals surface area contributed by atoms with Crippen LogP contribution in [0.25, 0.3) is 0 Å². The lowest BCUT2D eigenvalue weighted by Gasteiger charge is -2.30. The van der Waals surface area contributed by atoms with Gasteiger partial charge in [-0.25, -0.2) is 4.79 Å². The highest BCUT2D eigenvalue weighted by molar-refractivity contribution is 6.31. The molecule has 0 aromatic heterocycles.